The van der Waals surface area contributed by atoms with E-state index in [2.05, 4.69) is 0 Å². The SMILES string of the molecule is COc1c(-c2ccccc2)cc(F)c(N(F)C(=O)c2ccsc2C(=O)O)c1OC. The molecule has 2 aromatic carbocycles. The lowest BCUT2D eigenvalue weighted by Gasteiger charge is -2.20. The maximum Gasteiger partial charge on any atom is 0.346 e. The molecule has 0 unspecified atom stereocenters. The van der Waals surface area contributed by atoms with E-state index < -0.39 is 34.1 Å². The van der Waals surface area contributed by atoms with Crippen molar-refractivity contribution >= 4 is 28.9 Å². The molecule has 3 rings (SSSR count). The Bertz CT molecular complexity index is 1070. The molecule has 0 saturated carbocycles. The Balaban J connectivity index is 2.15. The minimum absolute atomic E-state index is 0.0225. The van der Waals surface area contributed by atoms with Crippen LogP contribution in [0.4, 0.5) is 14.6 Å². The first-order valence-electron chi connectivity index (χ1n) is 8.21. The standard InChI is InChI=1S/C20H15F2NO5S/c1-27-16-13(11-6-4-3-5-7-11)10-14(21)15(17(16)28-2)23(22)19(24)12-8-9-29-18(12)20(25)26/h3-10H,1-2H3,(H,25,26). The van der Waals surface area contributed by atoms with Crippen LogP contribution in [0.5, 0.6) is 11.5 Å². The lowest BCUT2D eigenvalue weighted by Crippen LogP contribution is -2.25. The second-order valence-corrected chi connectivity index (χ2v) is 6.66. The van der Waals surface area contributed by atoms with Gasteiger partial charge in [-0.25, -0.2) is 9.18 Å². The Morgan fingerprint density at radius 2 is 1.72 bits per heavy atom. The fourth-order valence-electron chi connectivity index (χ4n) is 2.86. The predicted octanol–water partition coefficient (Wildman–Crippen LogP) is 4.80. The van der Waals surface area contributed by atoms with E-state index in [1.54, 1.807) is 30.3 Å². The Hall–Kier alpha value is -3.46. The number of carboxylic acids is 1. The third kappa shape index (κ3) is 3.64. The Kier molecular flexibility index (Phi) is 5.79. The van der Waals surface area contributed by atoms with E-state index in [1.807, 2.05) is 0 Å². The van der Waals surface area contributed by atoms with Crippen LogP contribution in [-0.2, 0) is 0 Å². The zero-order valence-corrected chi connectivity index (χ0v) is 16.1. The maximum atomic E-state index is 15.0. The van der Waals surface area contributed by atoms with Gasteiger partial charge < -0.3 is 14.6 Å². The maximum absolute atomic E-state index is 15.0. The summed E-state index contributed by atoms with van der Waals surface area (Å²) in [5.41, 5.74) is -0.321. The van der Waals surface area contributed by atoms with Crippen molar-refractivity contribution in [1.82, 2.24) is 0 Å². The zero-order chi connectivity index (χ0) is 21.1. The summed E-state index contributed by atoms with van der Waals surface area (Å²) >= 11 is 0.757. The number of carbonyl (C=O) groups excluding carboxylic acids is 1. The average Bonchev–Trinajstić information content (AvgIpc) is 3.22. The minimum Gasteiger partial charge on any atom is -0.492 e. The summed E-state index contributed by atoms with van der Waals surface area (Å²) < 4.78 is 40.4. The third-order valence-corrected chi connectivity index (χ3v) is 5.02. The highest BCUT2D eigenvalue weighted by Gasteiger charge is 2.32. The minimum atomic E-state index is -1.39. The topological polar surface area (TPSA) is 76.1 Å². The number of aromatic carboxylic acids is 1. The number of ether oxygens (including phenoxy) is 2. The molecule has 9 heteroatoms. The van der Waals surface area contributed by atoms with Crippen molar-refractivity contribution in [3.05, 3.63) is 64.1 Å². The summed E-state index contributed by atoms with van der Waals surface area (Å²) in [7, 11) is 2.49. The number of hydrogen-bond acceptors (Lipinski definition) is 5. The number of rotatable bonds is 6. The molecule has 3 aromatic rings. The molecule has 0 atom stereocenters. The van der Waals surface area contributed by atoms with Crippen LogP contribution in [0, 0.1) is 5.82 Å². The van der Waals surface area contributed by atoms with Crippen LogP contribution >= 0.6 is 11.3 Å². The summed E-state index contributed by atoms with van der Waals surface area (Å²) in [5.74, 6) is -4.12. The molecule has 0 bridgehead atoms. The predicted molar refractivity (Wildman–Crippen MR) is 104 cm³/mol. The number of anilines is 1. The summed E-state index contributed by atoms with van der Waals surface area (Å²) in [6.45, 7) is 0. The quantitative estimate of drug-likeness (QED) is 0.581. The van der Waals surface area contributed by atoms with E-state index in [9.17, 15) is 14.0 Å². The molecule has 0 aliphatic carbocycles. The number of amides is 1. The van der Waals surface area contributed by atoms with Crippen molar-refractivity contribution < 1.29 is 33.0 Å². The fourth-order valence-corrected chi connectivity index (χ4v) is 3.58. The van der Waals surface area contributed by atoms with Crippen LogP contribution in [0.3, 0.4) is 0 Å². The van der Waals surface area contributed by atoms with Gasteiger partial charge in [0.1, 0.15) is 4.88 Å². The molecule has 0 aliphatic rings. The molecule has 0 spiro atoms. The van der Waals surface area contributed by atoms with Gasteiger partial charge in [0.05, 0.1) is 19.8 Å². The Morgan fingerprint density at radius 1 is 1.07 bits per heavy atom. The van der Waals surface area contributed by atoms with Crippen molar-refractivity contribution in [2.75, 3.05) is 19.3 Å². The average molecular weight is 419 g/mol. The van der Waals surface area contributed by atoms with Gasteiger partial charge in [0.2, 0.25) is 0 Å². The molecule has 1 amide bonds. The number of halogens is 2. The van der Waals surface area contributed by atoms with Gasteiger partial charge in [0.25, 0.3) is 5.91 Å². The molecule has 29 heavy (non-hydrogen) atoms. The van der Waals surface area contributed by atoms with Crippen LogP contribution < -0.4 is 14.6 Å². The molecule has 1 aromatic heterocycles. The molecule has 1 heterocycles. The third-order valence-electron chi connectivity index (χ3n) is 4.12. The molecule has 1 N–H and O–H groups in total. The van der Waals surface area contributed by atoms with Gasteiger partial charge in [-0.1, -0.05) is 34.8 Å². The molecular weight excluding hydrogens is 404 g/mol. The van der Waals surface area contributed by atoms with Gasteiger partial charge in [-0.2, -0.15) is 0 Å². The molecule has 0 radical (unpaired) electrons. The van der Waals surface area contributed by atoms with Gasteiger partial charge in [-0.3, -0.25) is 4.79 Å². The van der Waals surface area contributed by atoms with Crippen molar-refractivity contribution in [2.24, 2.45) is 0 Å². The second kappa shape index (κ2) is 8.27. The van der Waals surface area contributed by atoms with Gasteiger partial charge in [0, 0.05) is 5.56 Å². The smallest absolute Gasteiger partial charge is 0.346 e. The van der Waals surface area contributed by atoms with E-state index in [0.29, 0.717) is 11.1 Å². The first-order valence-corrected chi connectivity index (χ1v) is 9.09. The van der Waals surface area contributed by atoms with E-state index >= 15 is 4.48 Å². The molecule has 0 fully saturated rings. The normalized spacial score (nSPS) is 10.5. The van der Waals surface area contributed by atoms with Gasteiger partial charge >= 0.3 is 5.97 Å². The Morgan fingerprint density at radius 3 is 2.31 bits per heavy atom. The number of benzene rings is 2. The van der Waals surface area contributed by atoms with Gasteiger partial charge in [0.15, 0.2) is 23.0 Å². The van der Waals surface area contributed by atoms with Gasteiger partial charge in [-0.05, 0) is 23.1 Å². The van der Waals surface area contributed by atoms with Gasteiger partial charge in [-0.15, -0.1) is 16.5 Å². The lowest BCUT2D eigenvalue weighted by atomic mass is 10.0. The molecule has 0 saturated heterocycles. The van der Waals surface area contributed by atoms with Crippen molar-refractivity contribution in [1.29, 1.82) is 0 Å². The monoisotopic (exact) mass is 419 g/mol. The lowest BCUT2D eigenvalue weighted by molar-refractivity contribution is 0.0696. The molecule has 6 nitrogen and oxygen atoms in total. The number of carbonyl (C=O) groups is 2. The summed E-state index contributed by atoms with van der Waals surface area (Å²) in [4.78, 5) is 23.4. The number of nitrogens with zero attached hydrogens (tertiary/aromatic N) is 1. The Labute approximate surface area is 168 Å². The first kappa shape index (κ1) is 20.3. The largest absolute Gasteiger partial charge is 0.492 e. The highest BCUT2D eigenvalue weighted by atomic mass is 32.1. The van der Waals surface area contributed by atoms with E-state index in [0.717, 1.165) is 23.5 Å². The van der Waals surface area contributed by atoms with Crippen molar-refractivity contribution in [2.45, 2.75) is 0 Å². The molecular formula is C20H15F2NO5S. The number of methoxy groups -OCH3 is 2. The van der Waals surface area contributed by atoms with Crippen LogP contribution in [0.1, 0.15) is 20.0 Å². The van der Waals surface area contributed by atoms with E-state index in [4.69, 9.17) is 14.6 Å². The van der Waals surface area contributed by atoms with E-state index in [1.165, 1.54) is 19.6 Å². The number of hydrogen-bond donors (Lipinski definition) is 1. The molecule has 0 aliphatic heterocycles. The first-order chi connectivity index (χ1) is 13.9. The van der Waals surface area contributed by atoms with Crippen molar-refractivity contribution in [3.63, 3.8) is 0 Å². The molecule has 150 valence electrons. The second-order valence-electron chi connectivity index (χ2n) is 5.74. The summed E-state index contributed by atoms with van der Waals surface area (Å²) in [6, 6.07) is 10.9. The number of carboxylic acid groups (broad SMARTS) is 1. The fraction of sp³-hybridized carbons (Fsp3) is 0.100. The zero-order valence-electron chi connectivity index (χ0n) is 15.3. The van der Waals surface area contributed by atoms with Crippen LogP contribution in [0.2, 0.25) is 0 Å². The highest BCUT2D eigenvalue weighted by Crippen LogP contribution is 2.47. The summed E-state index contributed by atoms with van der Waals surface area (Å²) in [5, 5.41) is 10.0. The van der Waals surface area contributed by atoms with Crippen molar-refractivity contribution in [3.8, 4) is 22.6 Å². The number of thiophene rings is 1. The van der Waals surface area contributed by atoms with Crippen LogP contribution in [0.15, 0.2) is 47.8 Å². The van der Waals surface area contributed by atoms with Crippen LogP contribution in [-0.4, -0.2) is 31.2 Å². The van der Waals surface area contributed by atoms with E-state index in [-0.39, 0.29) is 16.4 Å². The summed E-state index contributed by atoms with van der Waals surface area (Å²) in [6.07, 6.45) is 0. The highest BCUT2D eigenvalue weighted by molar-refractivity contribution is 7.12. The van der Waals surface area contributed by atoms with Crippen LogP contribution in [0.25, 0.3) is 11.1 Å².